The van der Waals surface area contributed by atoms with E-state index in [1.807, 2.05) is 36.5 Å². The Morgan fingerprint density at radius 3 is 2.62 bits per heavy atom. The van der Waals surface area contributed by atoms with Crippen LogP contribution < -0.4 is 25.2 Å². The number of carbonyl (C=O) groups is 2. The van der Waals surface area contributed by atoms with Crippen LogP contribution in [0.2, 0.25) is 0 Å². The molecule has 2 N–H and O–H groups in total. The summed E-state index contributed by atoms with van der Waals surface area (Å²) >= 11 is 1.12. The molecule has 0 bridgehead atoms. The number of morpholine rings is 1. The lowest BCUT2D eigenvalue weighted by atomic mass is 10.1. The summed E-state index contributed by atoms with van der Waals surface area (Å²) in [7, 11) is 0. The number of hydrogen-bond acceptors (Lipinski definition) is 10. The third kappa shape index (κ3) is 6.52. The lowest BCUT2D eigenvalue weighted by Gasteiger charge is -2.27. The highest BCUT2D eigenvalue weighted by molar-refractivity contribution is 7.17. The summed E-state index contributed by atoms with van der Waals surface area (Å²) in [6.45, 7) is 11.7. The Morgan fingerprint density at radius 2 is 1.87 bits per heavy atom. The largest absolute Gasteiger partial charge is 0.489 e. The average Bonchev–Trinajstić information content (AvgIpc) is 3.55. The summed E-state index contributed by atoms with van der Waals surface area (Å²) < 4.78 is 11.7. The van der Waals surface area contributed by atoms with Gasteiger partial charge in [0, 0.05) is 44.9 Å². The summed E-state index contributed by atoms with van der Waals surface area (Å²) in [5.74, 6) is 1.83. The molecule has 3 aromatic rings. The third-order valence-electron chi connectivity index (χ3n) is 6.45. The topological polar surface area (TPSA) is 122 Å². The van der Waals surface area contributed by atoms with Gasteiger partial charge >= 0.3 is 0 Å². The molecule has 39 heavy (non-hydrogen) atoms. The predicted molar refractivity (Wildman–Crippen MR) is 150 cm³/mol. The van der Waals surface area contributed by atoms with Gasteiger partial charge < -0.3 is 29.9 Å². The number of aromatic nitrogens is 3. The van der Waals surface area contributed by atoms with Crippen LogP contribution in [0.5, 0.6) is 5.75 Å². The number of aryl methyl sites for hydroxylation is 1. The molecule has 0 aliphatic carbocycles. The number of nitrogens with zero attached hydrogens (tertiary/aromatic N) is 5. The number of ether oxygens (including phenoxy) is 2. The van der Waals surface area contributed by atoms with E-state index in [9.17, 15) is 9.59 Å². The van der Waals surface area contributed by atoms with Crippen LogP contribution in [-0.2, 0) is 9.53 Å². The minimum Gasteiger partial charge on any atom is -0.489 e. The van der Waals surface area contributed by atoms with Crippen molar-refractivity contribution >= 4 is 45.7 Å². The minimum absolute atomic E-state index is 0.0349. The number of anilines is 3. The second-order valence-corrected chi connectivity index (χ2v) is 10.4. The van der Waals surface area contributed by atoms with Crippen molar-refractivity contribution in [2.45, 2.75) is 26.4 Å². The summed E-state index contributed by atoms with van der Waals surface area (Å²) in [6.07, 6.45) is 2.73. The first-order valence-corrected chi connectivity index (χ1v) is 13.6. The zero-order valence-corrected chi connectivity index (χ0v) is 22.8. The molecule has 2 amide bonds. The van der Waals surface area contributed by atoms with E-state index in [0.29, 0.717) is 34.6 Å². The number of nitrogens with one attached hydrogen (secondary N) is 2. The molecule has 12 heteroatoms. The van der Waals surface area contributed by atoms with Crippen LogP contribution in [0, 0.1) is 6.92 Å². The molecule has 1 unspecified atom stereocenters. The van der Waals surface area contributed by atoms with E-state index < -0.39 is 0 Å². The summed E-state index contributed by atoms with van der Waals surface area (Å²) in [4.78, 5) is 42.3. The van der Waals surface area contributed by atoms with Gasteiger partial charge in [0.25, 0.3) is 5.91 Å². The highest BCUT2D eigenvalue weighted by Crippen LogP contribution is 2.26. The van der Waals surface area contributed by atoms with Gasteiger partial charge in [0.05, 0.1) is 25.5 Å². The molecule has 0 spiro atoms. The quantitative estimate of drug-likeness (QED) is 0.436. The number of hydrogen-bond donors (Lipinski definition) is 2. The van der Waals surface area contributed by atoms with Crippen LogP contribution in [0.25, 0.3) is 5.70 Å². The lowest BCUT2D eigenvalue weighted by Crippen LogP contribution is -2.37. The summed E-state index contributed by atoms with van der Waals surface area (Å²) in [6, 6.07) is 9.43. The smallest absolute Gasteiger partial charge is 0.267 e. The molecule has 2 aliphatic rings. The van der Waals surface area contributed by atoms with E-state index in [0.717, 1.165) is 67.0 Å². The molecule has 2 aliphatic heterocycles. The first-order valence-electron chi connectivity index (χ1n) is 12.8. The van der Waals surface area contributed by atoms with Gasteiger partial charge in [-0.15, -0.1) is 0 Å². The summed E-state index contributed by atoms with van der Waals surface area (Å²) in [5.41, 5.74) is 1.78. The fourth-order valence-electron chi connectivity index (χ4n) is 4.47. The van der Waals surface area contributed by atoms with Crippen molar-refractivity contribution in [1.82, 2.24) is 20.3 Å². The molecule has 1 aromatic carbocycles. The molecule has 5 rings (SSSR count). The van der Waals surface area contributed by atoms with Gasteiger partial charge in [0.2, 0.25) is 11.9 Å². The fraction of sp³-hybridized carbons (Fsp3) is 0.370. The van der Waals surface area contributed by atoms with Gasteiger partial charge in [-0.05, 0) is 42.8 Å². The minimum atomic E-state index is -0.320. The monoisotopic (exact) mass is 549 g/mol. The highest BCUT2D eigenvalue weighted by atomic mass is 32.1. The third-order valence-corrected chi connectivity index (χ3v) is 7.52. The number of thiazole rings is 1. The van der Waals surface area contributed by atoms with Crippen molar-refractivity contribution in [3.63, 3.8) is 0 Å². The van der Waals surface area contributed by atoms with Gasteiger partial charge in [-0.2, -0.15) is 4.98 Å². The first-order chi connectivity index (χ1) is 18.9. The zero-order valence-electron chi connectivity index (χ0n) is 22.0. The molecule has 4 heterocycles. The van der Waals surface area contributed by atoms with Crippen LogP contribution in [0.3, 0.4) is 0 Å². The Morgan fingerprint density at radius 1 is 1.10 bits per heavy atom. The van der Waals surface area contributed by atoms with Crippen LogP contribution in [0.1, 0.15) is 34.3 Å². The molecule has 2 saturated heterocycles. The van der Waals surface area contributed by atoms with Crippen molar-refractivity contribution in [1.29, 1.82) is 0 Å². The first kappa shape index (κ1) is 26.6. The maximum absolute atomic E-state index is 12.7. The molecule has 11 nitrogen and oxygen atoms in total. The van der Waals surface area contributed by atoms with Gasteiger partial charge in [-0.1, -0.05) is 17.9 Å². The van der Waals surface area contributed by atoms with Crippen molar-refractivity contribution in [3.05, 3.63) is 59.2 Å². The second-order valence-electron chi connectivity index (χ2n) is 9.36. The average molecular weight is 550 g/mol. The Kier molecular flexibility index (Phi) is 8.03. The number of rotatable bonds is 8. The van der Waals surface area contributed by atoms with Crippen molar-refractivity contribution in [2.24, 2.45) is 0 Å². The van der Waals surface area contributed by atoms with Crippen LogP contribution in [0.4, 0.5) is 16.9 Å². The number of carbonyl (C=O) groups excluding carboxylic acids is 2. The second kappa shape index (κ2) is 11.8. The Labute approximate surface area is 230 Å². The molecule has 0 saturated carbocycles. The molecular formula is C27H31N7O4S. The molecule has 2 fully saturated rings. The molecule has 0 radical (unpaired) electrons. The summed E-state index contributed by atoms with van der Waals surface area (Å²) in [5, 5.41) is 5.81. The van der Waals surface area contributed by atoms with E-state index in [2.05, 4.69) is 37.0 Å². The zero-order chi connectivity index (χ0) is 27.4. The maximum atomic E-state index is 12.7. The Hall–Kier alpha value is -4.03. The van der Waals surface area contributed by atoms with Gasteiger partial charge in [0.15, 0.2) is 5.13 Å². The van der Waals surface area contributed by atoms with Gasteiger partial charge in [0.1, 0.15) is 22.5 Å². The predicted octanol–water partition coefficient (Wildman–Crippen LogP) is 3.09. The van der Waals surface area contributed by atoms with Crippen molar-refractivity contribution in [3.8, 4) is 5.75 Å². The number of benzene rings is 1. The van der Waals surface area contributed by atoms with Crippen molar-refractivity contribution in [2.75, 3.05) is 54.5 Å². The number of amides is 2. The lowest BCUT2D eigenvalue weighted by molar-refractivity contribution is -0.114. The maximum Gasteiger partial charge on any atom is 0.267 e. The molecular weight excluding hydrogens is 518 g/mol. The Balaban J connectivity index is 1.14. The SMILES string of the molecule is C=C(NC(=O)c1sc(NC(C)=O)nc1C)c1ccc(OC2CCN(c3ccnc(N4CCOCC4)n3)C2)cc1. The van der Waals surface area contributed by atoms with E-state index in [4.69, 9.17) is 14.5 Å². The molecule has 2 aromatic heterocycles. The highest BCUT2D eigenvalue weighted by Gasteiger charge is 2.26. The van der Waals surface area contributed by atoms with Crippen LogP contribution in [-0.4, -0.2) is 72.3 Å². The van der Waals surface area contributed by atoms with Gasteiger partial charge in [-0.3, -0.25) is 9.59 Å². The van der Waals surface area contributed by atoms with Crippen LogP contribution >= 0.6 is 11.3 Å². The van der Waals surface area contributed by atoms with E-state index >= 15 is 0 Å². The fourth-order valence-corrected chi connectivity index (χ4v) is 5.38. The Bertz CT molecular complexity index is 1350. The van der Waals surface area contributed by atoms with E-state index in [-0.39, 0.29) is 17.9 Å². The van der Waals surface area contributed by atoms with E-state index in [1.165, 1.54) is 6.92 Å². The molecule has 204 valence electrons. The van der Waals surface area contributed by atoms with Crippen molar-refractivity contribution < 1.29 is 19.1 Å². The van der Waals surface area contributed by atoms with Crippen LogP contribution in [0.15, 0.2) is 43.1 Å². The normalized spacial score (nSPS) is 17.1. The van der Waals surface area contributed by atoms with E-state index in [1.54, 1.807) is 6.92 Å². The molecule has 1 atom stereocenters. The van der Waals surface area contributed by atoms with Gasteiger partial charge in [-0.25, -0.2) is 9.97 Å². The standard InChI is InChI=1S/C27H31N7O4S/c1-17(29-25(36)24-18(2)30-27(39-24)31-19(3)35)20-4-6-21(7-5-20)38-22-9-11-34(16-22)23-8-10-28-26(32-23)33-12-14-37-15-13-33/h4-8,10,22H,1,9,11-16H2,2-3H3,(H,29,36)(H,30,31,35).